The van der Waals surface area contributed by atoms with Crippen LogP contribution in [0.2, 0.25) is 0 Å². The molecule has 1 unspecified atom stereocenters. The molecule has 6 heteroatoms. The fraction of sp³-hybridized carbons (Fsp3) is 0.733. The maximum atomic E-state index is 11.6. The van der Waals surface area contributed by atoms with Crippen LogP contribution in [-0.2, 0) is 16.8 Å². The molecule has 2 N–H and O–H groups in total. The highest BCUT2D eigenvalue weighted by atomic mass is 35.5. The first kappa shape index (κ1) is 18.0. The third-order valence-electron chi connectivity index (χ3n) is 3.77. The van der Waals surface area contributed by atoms with Crippen molar-refractivity contribution >= 4 is 18.3 Å². The molecule has 0 radical (unpaired) electrons. The number of hydrogen-bond donors (Lipinski definition) is 2. The zero-order chi connectivity index (χ0) is 14.8. The lowest BCUT2D eigenvalue weighted by molar-refractivity contribution is -0.127. The number of carbonyl (C=O) groups excluding carboxylic acids is 1. The van der Waals surface area contributed by atoms with Gasteiger partial charge in [0.05, 0.1) is 6.20 Å². The number of carbonyl (C=O) groups is 1. The maximum Gasteiger partial charge on any atom is 0.222 e. The van der Waals surface area contributed by atoms with Gasteiger partial charge < -0.3 is 10.2 Å². The number of halogens is 1. The van der Waals surface area contributed by atoms with Gasteiger partial charge in [-0.3, -0.25) is 9.89 Å². The molecule has 21 heavy (non-hydrogen) atoms. The van der Waals surface area contributed by atoms with Crippen molar-refractivity contribution in [2.75, 3.05) is 13.1 Å². The second-order valence-corrected chi connectivity index (χ2v) is 6.75. The molecule has 1 aromatic heterocycles. The first-order chi connectivity index (χ1) is 9.38. The topological polar surface area (TPSA) is 61.0 Å². The van der Waals surface area contributed by atoms with E-state index < -0.39 is 0 Å². The standard InChI is InChI=1S/C15H26N4O.ClH/c1-11(10-19-7-5-6-13(19)20)16-8-12-9-17-18-14(12)15(2,3)4;/h9,11,16H,5-8,10H2,1-4H3,(H,17,18);1H. The Morgan fingerprint density at radius 3 is 2.76 bits per heavy atom. The van der Waals surface area contributed by atoms with Crippen LogP contribution in [0.15, 0.2) is 6.20 Å². The Kier molecular flexibility index (Phi) is 6.23. The molecule has 2 heterocycles. The Balaban J connectivity index is 0.00000220. The minimum absolute atomic E-state index is 0. The molecule has 0 aromatic carbocycles. The van der Waals surface area contributed by atoms with Crippen LogP contribution in [-0.4, -0.2) is 40.1 Å². The van der Waals surface area contributed by atoms with Gasteiger partial charge in [0, 0.05) is 48.8 Å². The molecule has 5 nitrogen and oxygen atoms in total. The fourth-order valence-corrected chi connectivity index (χ4v) is 2.67. The number of nitrogens with one attached hydrogen (secondary N) is 2. The van der Waals surface area contributed by atoms with Gasteiger partial charge in [0.2, 0.25) is 5.91 Å². The monoisotopic (exact) mass is 314 g/mol. The predicted octanol–water partition coefficient (Wildman–Crippen LogP) is 2.23. The van der Waals surface area contributed by atoms with Crippen LogP contribution >= 0.6 is 12.4 Å². The molecule has 0 bridgehead atoms. The smallest absolute Gasteiger partial charge is 0.222 e. The number of aromatic amines is 1. The molecule has 1 amide bonds. The second kappa shape index (κ2) is 7.27. The first-order valence-corrected chi connectivity index (χ1v) is 7.42. The number of likely N-dealkylation sites (tertiary alicyclic amines) is 1. The van der Waals surface area contributed by atoms with Crippen molar-refractivity contribution in [3.05, 3.63) is 17.5 Å². The Morgan fingerprint density at radius 1 is 1.48 bits per heavy atom. The molecule has 0 spiro atoms. The normalized spacial score (nSPS) is 17.0. The number of H-pyrrole nitrogens is 1. The summed E-state index contributed by atoms with van der Waals surface area (Å²) in [5.41, 5.74) is 2.45. The first-order valence-electron chi connectivity index (χ1n) is 7.42. The molecule has 1 aliphatic rings. The van der Waals surface area contributed by atoms with Gasteiger partial charge in [-0.2, -0.15) is 5.10 Å². The van der Waals surface area contributed by atoms with Crippen LogP contribution in [0.1, 0.15) is 51.8 Å². The fourth-order valence-electron chi connectivity index (χ4n) is 2.67. The number of nitrogens with zero attached hydrogens (tertiary/aromatic N) is 2. The summed E-state index contributed by atoms with van der Waals surface area (Å²) in [4.78, 5) is 13.6. The molecular formula is C15H27ClN4O. The molecule has 1 saturated heterocycles. The molecule has 2 rings (SSSR count). The van der Waals surface area contributed by atoms with Gasteiger partial charge >= 0.3 is 0 Å². The van der Waals surface area contributed by atoms with E-state index in [0.29, 0.717) is 12.5 Å². The summed E-state index contributed by atoms with van der Waals surface area (Å²) in [6.45, 7) is 11.1. The molecular weight excluding hydrogens is 288 g/mol. The Labute approximate surface area is 133 Å². The van der Waals surface area contributed by atoms with E-state index in [1.807, 2.05) is 11.1 Å². The van der Waals surface area contributed by atoms with E-state index >= 15 is 0 Å². The summed E-state index contributed by atoms with van der Waals surface area (Å²) in [5, 5.41) is 10.7. The van der Waals surface area contributed by atoms with Gasteiger partial charge in [-0.1, -0.05) is 20.8 Å². The van der Waals surface area contributed by atoms with Crippen LogP contribution < -0.4 is 5.32 Å². The highest BCUT2D eigenvalue weighted by Crippen LogP contribution is 2.23. The van der Waals surface area contributed by atoms with E-state index in [9.17, 15) is 4.79 Å². The Bertz CT molecular complexity index is 466. The van der Waals surface area contributed by atoms with Crippen LogP contribution in [0.3, 0.4) is 0 Å². The molecule has 120 valence electrons. The summed E-state index contributed by atoms with van der Waals surface area (Å²) in [7, 11) is 0. The average molecular weight is 315 g/mol. The Morgan fingerprint density at radius 2 is 2.19 bits per heavy atom. The van der Waals surface area contributed by atoms with Crippen LogP contribution in [0, 0.1) is 0 Å². The molecule has 0 saturated carbocycles. The van der Waals surface area contributed by atoms with E-state index in [-0.39, 0.29) is 23.7 Å². The van der Waals surface area contributed by atoms with Crippen molar-refractivity contribution in [2.45, 2.75) is 58.5 Å². The lowest BCUT2D eigenvalue weighted by atomic mass is 9.89. The zero-order valence-electron chi connectivity index (χ0n) is 13.4. The van der Waals surface area contributed by atoms with Crippen molar-refractivity contribution in [1.29, 1.82) is 0 Å². The van der Waals surface area contributed by atoms with E-state index in [2.05, 4.69) is 43.2 Å². The van der Waals surface area contributed by atoms with Crippen molar-refractivity contribution in [2.24, 2.45) is 0 Å². The zero-order valence-corrected chi connectivity index (χ0v) is 14.2. The lowest BCUT2D eigenvalue weighted by Gasteiger charge is -2.23. The van der Waals surface area contributed by atoms with Gasteiger partial charge in [-0.15, -0.1) is 12.4 Å². The number of aromatic nitrogens is 2. The number of rotatable bonds is 5. The average Bonchev–Trinajstić information content (AvgIpc) is 2.96. The summed E-state index contributed by atoms with van der Waals surface area (Å²) >= 11 is 0. The second-order valence-electron chi connectivity index (χ2n) is 6.75. The minimum Gasteiger partial charge on any atom is -0.341 e. The van der Waals surface area contributed by atoms with Crippen LogP contribution in [0.5, 0.6) is 0 Å². The van der Waals surface area contributed by atoms with Gasteiger partial charge in [0.15, 0.2) is 0 Å². The molecule has 1 aromatic rings. The van der Waals surface area contributed by atoms with Gasteiger partial charge in [0.25, 0.3) is 0 Å². The summed E-state index contributed by atoms with van der Waals surface area (Å²) < 4.78 is 0. The van der Waals surface area contributed by atoms with Crippen LogP contribution in [0.4, 0.5) is 0 Å². The van der Waals surface area contributed by atoms with E-state index in [1.54, 1.807) is 0 Å². The highest BCUT2D eigenvalue weighted by Gasteiger charge is 2.23. The van der Waals surface area contributed by atoms with E-state index in [0.717, 1.165) is 26.1 Å². The Hall–Kier alpha value is -1.07. The maximum absolute atomic E-state index is 11.6. The molecule has 1 aliphatic heterocycles. The van der Waals surface area contributed by atoms with Crippen molar-refractivity contribution in [3.63, 3.8) is 0 Å². The van der Waals surface area contributed by atoms with E-state index in [1.165, 1.54) is 11.3 Å². The van der Waals surface area contributed by atoms with Gasteiger partial charge in [-0.25, -0.2) is 0 Å². The van der Waals surface area contributed by atoms with Crippen molar-refractivity contribution in [1.82, 2.24) is 20.4 Å². The predicted molar refractivity (Wildman–Crippen MR) is 86.7 cm³/mol. The number of hydrogen-bond acceptors (Lipinski definition) is 3. The van der Waals surface area contributed by atoms with Crippen LogP contribution in [0.25, 0.3) is 0 Å². The molecule has 0 aliphatic carbocycles. The third-order valence-corrected chi connectivity index (χ3v) is 3.77. The minimum atomic E-state index is 0. The third kappa shape index (κ3) is 4.71. The van der Waals surface area contributed by atoms with Gasteiger partial charge in [-0.05, 0) is 13.3 Å². The SMILES string of the molecule is CC(CN1CCCC1=O)NCc1cn[nH]c1C(C)(C)C.Cl. The summed E-state index contributed by atoms with van der Waals surface area (Å²) in [6.07, 6.45) is 3.60. The summed E-state index contributed by atoms with van der Waals surface area (Å²) in [6, 6.07) is 0.291. The lowest BCUT2D eigenvalue weighted by Crippen LogP contribution is -2.39. The number of amides is 1. The largest absolute Gasteiger partial charge is 0.341 e. The van der Waals surface area contributed by atoms with Crippen molar-refractivity contribution in [3.8, 4) is 0 Å². The highest BCUT2D eigenvalue weighted by molar-refractivity contribution is 5.85. The summed E-state index contributed by atoms with van der Waals surface area (Å²) in [5.74, 6) is 0.289. The quantitative estimate of drug-likeness (QED) is 0.876. The van der Waals surface area contributed by atoms with Gasteiger partial charge in [0.1, 0.15) is 0 Å². The van der Waals surface area contributed by atoms with E-state index in [4.69, 9.17) is 0 Å². The van der Waals surface area contributed by atoms with Crippen molar-refractivity contribution < 1.29 is 4.79 Å². The molecule has 1 fully saturated rings. The molecule has 1 atom stereocenters.